The minimum atomic E-state index is -0.366. The normalized spacial score (nSPS) is 10.4. The molecule has 0 atom stereocenters. The predicted octanol–water partition coefficient (Wildman–Crippen LogP) is 1.33. The maximum atomic E-state index is 11.9. The number of rotatable bonds is 5. The minimum absolute atomic E-state index is 0.104. The van der Waals surface area contributed by atoms with Gasteiger partial charge in [0.1, 0.15) is 21.9 Å². The SMILES string of the molecule is CCOC(=O)c1sc2ncnc(NCC(=O)NC)c2c1C. The number of hydrogen-bond donors (Lipinski definition) is 2. The molecule has 2 aromatic heterocycles. The van der Waals surface area contributed by atoms with E-state index in [9.17, 15) is 9.59 Å². The van der Waals surface area contributed by atoms with Crippen LogP contribution in [0.2, 0.25) is 0 Å². The molecule has 0 aliphatic carbocycles. The number of carbonyl (C=O) groups excluding carboxylic acids is 2. The van der Waals surface area contributed by atoms with E-state index in [0.29, 0.717) is 22.1 Å². The summed E-state index contributed by atoms with van der Waals surface area (Å²) >= 11 is 1.26. The van der Waals surface area contributed by atoms with Gasteiger partial charge in [0.05, 0.1) is 18.5 Å². The molecule has 2 rings (SSSR count). The highest BCUT2D eigenvalue weighted by Gasteiger charge is 2.20. The Kier molecular flexibility index (Phi) is 4.69. The van der Waals surface area contributed by atoms with Crippen molar-refractivity contribution >= 4 is 39.2 Å². The van der Waals surface area contributed by atoms with Gasteiger partial charge < -0.3 is 15.4 Å². The summed E-state index contributed by atoms with van der Waals surface area (Å²) in [4.78, 5) is 32.7. The van der Waals surface area contributed by atoms with Crippen molar-refractivity contribution in [2.24, 2.45) is 0 Å². The van der Waals surface area contributed by atoms with Gasteiger partial charge in [0.15, 0.2) is 0 Å². The van der Waals surface area contributed by atoms with Gasteiger partial charge in [-0.3, -0.25) is 4.79 Å². The van der Waals surface area contributed by atoms with Crippen molar-refractivity contribution in [3.8, 4) is 0 Å². The summed E-state index contributed by atoms with van der Waals surface area (Å²) in [6.07, 6.45) is 1.40. The third-order valence-electron chi connectivity index (χ3n) is 2.88. The third kappa shape index (κ3) is 3.10. The van der Waals surface area contributed by atoms with Crippen LogP contribution in [0.3, 0.4) is 0 Å². The maximum Gasteiger partial charge on any atom is 0.348 e. The van der Waals surface area contributed by atoms with Crippen LogP contribution >= 0.6 is 11.3 Å². The Balaban J connectivity index is 2.39. The van der Waals surface area contributed by atoms with Crippen LogP contribution in [0.15, 0.2) is 6.33 Å². The smallest absolute Gasteiger partial charge is 0.348 e. The molecule has 2 heterocycles. The second-order valence-electron chi connectivity index (χ2n) is 4.21. The molecule has 0 fully saturated rings. The van der Waals surface area contributed by atoms with Crippen LogP contribution < -0.4 is 10.6 Å². The molecule has 0 bridgehead atoms. The lowest BCUT2D eigenvalue weighted by Gasteiger charge is -2.06. The molecule has 0 saturated heterocycles. The number of hydrogen-bond acceptors (Lipinski definition) is 7. The number of esters is 1. The minimum Gasteiger partial charge on any atom is -0.462 e. The number of aryl methyl sites for hydroxylation is 1. The van der Waals surface area contributed by atoms with Crippen LogP contribution in [0.1, 0.15) is 22.2 Å². The van der Waals surface area contributed by atoms with Gasteiger partial charge in [-0.1, -0.05) is 0 Å². The number of likely N-dealkylation sites (N-methyl/N-ethyl adjacent to an activating group) is 1. The van der Waals surface area contributed by atoms with Crippen molar-refractivity contribution in [3.05, 3.63) is 16.8 Å². The lowest BCUT2D eigenvalue weighted by Crippen LogP contribution is -2.26. The number of amides is 1. The molecule has 0 unspecified atom stereocenters. The van der Waals surface area contributed by atoms with Crippen molar-refractivity contribution in [1.29, 1.82) is 0 Å². The third-order valence-corrected chi connectivity index (χ3v) is 4.06. The average molecular weight is 308 g/mol. The summed E-state index contributed by atoms with van der Waals surface area (Å²) in [5, 5.41) is 6.22. The number of carbonyl (C=O) groups is 2. The first-order valence-corrected chi connectivity index (χ1v) is 7.25. The molecule has 2 aromatic rings. The fourth-order valence-electron chi connectivity index (χ4n) is 1.85. The number of ether oxygens (including phenoxy) is 1. The zero-order chi connectivity index (χ0) is 15.4. The summed E-state index contributed by atoms with van der Waals surface area (Å²) in [6.45, 7) is 4.00. The van der Waals surface area contributed by atoms with E-state index in [2.05, 4.69) is 20.6 Å². The highest BCUT2D eigenvalue weighted by molar-refractivity contribution is 7.20. The Morgan fingerprint density at radius 2 is 2.14 bits per heavy atom. The Morgan fingerprint density at radius 3 is 2.81 bits per heavy atom. The lowest BCUT2D eigenvalue weighted by molar-refractivity contribution is -0.118. The van der Waals surface area contributed by atoms with Gasteiger partial charge in [0, 0.05) is 7.05 Å². The average Bonchev–Trinajstić information content (AvgIpc) is 2.83. The van der Waals surface area contributed by atoms with Gasteiger partial charge in [-0.2, -0.15) is 0 Å². The molecular formula is C13H16N4O3S. The molecule has 0 radical (unpaired) electrons. The number of aromatic nitrogens is 2. The quantitative estimate of drug-likeness (QED) is 0.810. The van der Waals surface area contributed by atoms with E-state index < -0.39 is 0 Å². The van der Waals surface area contributed by atoms with E-state index in [1.54, 1.807) is 14.0 Å². The molecule has 7 nitrogen and oxygen atoms in total. The lowest BCUT2D eigenvalue weighted by atomic mass is 10.2. The highest BCUT2D eigenvalue weighted by atomic mass is 32.1. The van der Waals surface area contributed by atoms with Crippen LogP contribution in [0.4, 0.5) is 5.82 Å². The zero-order valence-corrected chi connectivity index (χ0v) is 12.8. The number of fused-ring (bicyclic) bond motifs is 1. The molecule has 21 heavy (non-hydrogen) atoms. The molecule has 112 valence electrons. The molecule has 0 aromatic carbocycles. The second-order valence-corrected chi connectivity index (χ2v) is 5.20. The largest absolute Gasteiger partial charge is 0.462 e. The molecule has 0 aliphatic rings. The van der Waals surface area contributed by atoms with Crippen LogP contribution in [0.5, 0.6) is 0 Å². The summed E-state index contributed by atoms with van der Waals surface area (Å²) in [7, 11) is 1.56. The van der Waals surface area contributed by atoms with E-state index in [0.717, 1.165) is 10.9 Å². The van der Waals surface area contributed by atoms with E-state index in [4.69, 9.17) is 4.74 Å². The first-order valence-electron chi connectivity index (χ1n) is 6.44. The number of nitrogens with one attached hydrogen (secondary N) is 2. The number of nitrogens with zero attached hydrogens (tertiary/aromatic N) is 2. The second kappa shape index (κ2) is 6.49. The molecule has 0 saturated carbocycles. The monoisotopic (exact) mass is 308 g/mol. The summed E-state index contributed by atoms with van der Waals surface area (Å²) < 4.78 is 5.03. The highest BCUT2D eigenvalue weighted by Crippen LogP contribution is 2.33. The van der Waals surface area contributed by atoms with Gasteiger partial charge >= 0.3 is 5.97 Å². The van der Waals surface area contributed by atoms with Crippen molar-refractivity contribution in [1.82, 2.24) is 15.3 Å². The maximum absolute atomic E-state index is 11.9. The summed E-state index contributed by atoms with van der Waals surface area (Å²) in [6, 6.07) is 0. The summed E-state index contributed by atoms with van der Waals surface area (Å²) in [5.41, 5.74) is 0.758. The van der Waals surface area contributed by atoms with E-state index in [-0.39, 0.29) is 18.4 Å². The Morgan fingerprint density at radius 1 is 1.38 bits per heavy atom. The topological polar surface area (TPSA) is 93.2 Å². The molecule has 1 amide bonds. The zero-order valence-electron chi connectivity index (χ0n) is 12.0. The van der Waals surface area contributed by atoms with Gasteiger partial charge in [0.25, 0.3) is 0 Å². The molecule has 0 aliphatic heterocycles. The fraction of sp³-hybridized carbons (Fsp3) is 0.385. The van der Waals surface area contributed by atoms with E-state index in [1.165, 1.54) is 17.7 Å². The van der Waals surface area contributed by atoms with Crippen molar-refractivity contribution in [3.63, 3.8) is 0 Å². The first kappa shape index (κ1) is 15.2. The molecule has 2 N–H and O–H groups in total. The van der Waals surface area contributed by atoms with Crippen molar-refractivity contribution < 1.29 is 14.3 Å². The standard InChI is InChI=1S/C13H16N4O3S/c1-4-20-13(19)10-7(2)9-11(15-5-8(18)14-3)16-6-17-12(9)21-10/h6H,4-5H2,1-3H3,(H,14,18)(H,15,16,17). The van der Waals surface area contributed by atoms with Crippen LogP contribution in [0.25, 0.3) is 10.2 Å². The van der Waals surface area contributed by atoms with Gasteiger partial charge in [0.2, 0.25) is 5.91 Å². The molecular weight excluding hydrogens is 292 g/mol. The van der Waals surface area contributed by atoms with Gasteiger partial charge in [-0.05, 0) is 19.4 Å². The van der Waals surface area contributed by atoms with Crippen molar-refractivity contribution in [2.75, 3.05) is 25.5 Å². The first-order chi connectivity index (χ1) is 10.1. The van der Waals surface area contributed by atoms with Gasteiger partial charge in [-0.15, -0.1) is 11.3 Å². The van der Waals surface area contributed by atoms with Gasteiger partial charge in [-0.25, -0.2) is 14.8 Å². The Hall–Kier alpha value is -2.22. The molecule has 0 spiro atoms. The van der Waals surface area contributed by atoms with E-state index in [1.807, 2.05) is 6.92 Å². The van der Waals surface area contributed by atoms with E-state index >= 15 is 0 Å². The Labute approximate surface area is 125 Å². The Bertz CT molecular complexity index is 683. The van der Waals surface area contributed by atoms with Crippen LogP contribution in [-0.4, -0.2) is 42.0 Å². The fourth-order valence-corrected chi connectivity index (χ4v) is 2.89. The van der Waals surface area contributed by atoms with Crippen LogP contribution in [0, 0.1) is 6.92 Å². The summed E-state index contributed by atoms with van der Waals surface area (Å²) in [5.74, 6) is 0.0170. The molecule has 8 heteroatoms. The van der Waals surface area contributed by atoms with Crippen LogP contribution in [-0.2, 0) is 9.53 Å². The van der Waals surface area contributed by atoms with Crippen molar-refractivity contribution in [2.45, 2.75) is 13.8 Å². The predicted molar refractivity (Wildman–Crippen MR) is 80.7 cm³/mol. The number of thiophene rings is 1. The number of anilines is 1.